The summed E-state index contributed by atoms with van der Waals surface area (Å²) in [6.45, 7) is 11.8. The van der Waals surface area contributed by atoms with Crippen LogP contribution in [0.3, 0.4) is 0 Å². The summed E-state index contributed by atoms with van der Waals surface area (Å²) < 4.78 is 0. The molecule has 0 spiro atoms. The Morgan fingerprint density at radius 2 is 2.00 bits per heavy atom. The molecule has 2 N–H and O–H groups in total. The molecule has 0 aliphatic heterocycles. The van der Waals surface area contributed by atoms with E-state index in [-0.39, 0.29) is 0 Å². The largest absolute Gasteiger partial charge is 0.330 e. The lowest BCUT2D eigenvalue weighted by Crippen LogP contribution is -2.32. The zero-order chi connectivity index (χ0) is 12.1. The van der Waals surface area contributed by atoms with Crippen molar-refractivity contribution in [3.8, 4) is 0 Å². The molecule has 0 bridgehead atoms. The molecule has 0 aromatic rings. The highest BCUT2D eigenvalue weighted by atomic mass is 14.6. The molecular formula is C15H29N. The summed E-state index contributed by atoms with van der Waals surface area (Å²) in [5.41, 5.74) is 7.22. The van der Waals surface area contributed by atoms with Gasteiger partial charge in [-0.1, -0.05) is 19.4 Å². The maximum atomic E-state index is 5.90. The molecule has 16 heavy (non-hydrogen) atoms. The molecule has 3 unspecified atom stereocenters. The number of rotatable bonds is 5. The Hall–Kier alpha value is -0.300. The van der Waals surface area contributed by atoms with Crippen LogP contribution in [0.25, 0.3) is 0 Å². The van der Waals surface area contributed by atoms with Crippen LogP contribution < -0.4 is 5.73 Å². The van der Waals surface area contributed by atoms with E-state index in [1.807, 2.05) is 0 Å². The second-order valence-corrected chi connectivity index (χ2v) is 6.07. The monoisotopic (exact) mass is 223 g/mol. The van der Waals surface area contributed by atoms with Gasteiger partial charge in [0, 0.05) is 0 Å². The van der Waals surface area contributed by atoms with Crippen LogP contribution in [-0.4, -0.2) is 6.54 Å². The molecule has 94 valence electrons. The van der Waals surface area contributed by atoms with Gasteiger partial charge < -0.3 is 5.73 Å². The van der Waals surface area contributed by atoms with Crippen molar-refractivity contribution in [3.63, 3.8) is 0 Å². The third-order valence-corrected chi connectivity index (χ3v) is 4.37. The van der Waals surface area contributed by atoms with Gasteiger partial charge in [-0.2, -0.15) is 0 Å². The molecule has 0 aromatic carbocycles. The molecule has 0 saturated heterocycles. The van der Waals surface area contributed by atoms with Gasteiger partial charge in [0.25, 0.3) is 0 Å². The summed E-state index contributed by atoms with van der Waals surface area (Å²) in [5, 5.41) is 0. The first-order valence-electron chi connectivity index (χ1n) is 6.89. The first-order chi connectivity index (χ1) is 7.54. The van der Waals surface area contributed by atoms with E-state index in [2.05, 4.69) is 27.4 Å². The smallest absolute Gasteiger partial charge is 0.00462 e. The molecule has 1 rings (SSSR count). The van der Waals surface area contributed by atoms with Crippen LogP contribution in [0.5, 0.6) is 0 Å². The van der Waals surface area contributed by atoms with E-state index in [9.17, 15) is 0 Å². The fraction of sp³-hybridized carbons (Fsp3) is 0.867. The Labute approximate surface area is 101 Å². The summed E-state index contributed by atoms with van der Waals surface area (Å²) in [6, 6.07) is 0. The van der Waals surface area contributed by atoms with Crippen molar-refractivity contribution in [2.24, 2.45) is 29.4 Å². The summed E-state index contributed by atoms with van der Waals surface area (Å²) in [4.78, 5) is 0. The minimum Gasteiger partial charge on any atom is -0.330 e. The third kappa shape index (κ3) is 3.93. The Morgan fingerprint density at radius 1 is 1.31 bits per heavy atom. The van der Waals surface area contributed by atoms with Gasteiger partial charge in [-0.15, -0.1) is 6.58 Å². The minimum atomic E-state index is 0.773. The van der Waals surface area contributed by atoms with Crippen molar-refractivity contribution in [1.29, 1.82) is 0 Å². The van der Waals surface area contributed by atoms with E-state index in [1.54, 1.807) is 0 Å². The lowest BCUT2D eigenvalue weighted by Gasteiger charge is -2.37. The van der Waals surface area contributed by atoms with Gasteiger partial charge in [0.15, 0.2) is 0 Å². The second-order valence-electron chi connectivity index (χ2n) is 6.07. The lowest BCUT2D eigenvalue weighted by molar-refractivity contribution is 0.144. The predicted octanol–water partition coefficient (Wildman–Crippen LogP) is 3.99. The molecule has 1 nitrogen and oxygen atoms in total. The van der Waals surface area contributed by atoms with Gasteiger partial charge >= 0.3 is 0 Å². The van der Waals surface area contributed by atoms with Crippen LogP contribution in [0, 0.1) is 23.7 Å². The van der Waals surface area contributed by atoms with Gasteiger partial charge in [0.1, 0.15) is 0 Å². The SMILES string of the molecule is C=C(C)CCC1CC(C(C)C)CCC1CN. The van der Waals surface area contributed by atoms with E-state index in [0.29, 0.717) is 0 Å². The molecule has 1 aliphatic rings. The number of hydrogen-bond donors (Lipinski definition) is 1. The fourth-order valence-corrected chi connectivity index (χ4v) is 3.06. The summed E-state index contributed by atoms with van der Waals surface area (Å²) in [5.74, 6) is 3.39. The number of allylic oxidation sites excluding steroid dienone is 1. The molecular weight excluding hydrogens is 194 g/mol. The predicted molar refractivity (Wildman–Crippen MR) is 72.3 cm³/mol. The van der Waals surface area contributed by atoms with Crippen LogP contribution in [0.2, 0.25) is 0 Å². The fourth-order valence-electron chi connectivity index (χ4n) is 3.06. The Bertz CT molecular complexity index is 219. The Balaban J connectivity index is 2.50. The molecule has 1 fully saturated rings. The molecule has 0 aromatic heterocycles. The van der Waals surface area contributed by atoms with Crippen LogP contribution in [-0.2, 0) is 0 Å². The van der Waals surface area contributed by atoms with Crippen molar-refractivity contribution >= 4 is 0 Å². The normalized spacial score (nSPS) is 30.7. The highest BCUT2D eigenvalue weighted by Crippen LogP contribution is 2.39. The van der Waals surface area contributed by atoms with Crippen LogP contribution in [0.15, 0.2) is 12.2 Å². The van der Waals surface area contributed by atoms with Crippen molar-refractivity contribution in [1.82, 2.24) is 0 Å². The first kappa shape index (κ1) is 13.8. The first-order valence-corrected chi connectivity index (χ1v) is 6.89. The average Bonchev–Trinajstić information content (AvgIpc) is 2.25. The van der Waals surface area contributed by atoms with Crippen LogP contribution in [0.4, 0.5) is 0 Å². The minimum absolute atomic E-state index is 0.773. The topological polar surface area (TPSA) is 26.0 Å². The molecule has 1 saturated carbocycles. The third-order valence-electron chi connectivity index (χ3n) is 4.37. The van der Waals surface area contributed by atoms with E-state index in [1.165, 1.54) is 37.7 Å². The zero-order valence-electron chi connectivity index (χ0n) is 11.3. The van der Waals surface area contributed by atoms with E-state index >= 15 is 0 Å². The average molecular weight is 223 g/mol. The lowest BCUT2D eigenvalue weighted by atomic mass is 9.69. The van der Waals surface area contributed by atoms with Crippen molar-refractivity contribution < 1.29 is 0 Å². The van der Waals surface area contributed by atoms with Gasteiger partial charge in [0.2, 0.25) is 0 Å². The van der Waals surface area contributed by atoms with Gasteiger partial charge in [-0.25, -0.2) is 0 Å². The van der Waals surface area contributed by atoms with Crippen molar-refractivity contribution in [2.45, 2.75) is 52.9 Å². The molecule has 0 heterocycles. The second kappa shape index (κ2) is 6.44. The molecule has 0 amide bonds. The summed E-state index contributed by atoms with van der Waals surface area (Å²) in [6.07, 6.45) is 6.63. The number of hydrogen-bond acceptors (Lipinski definition) is 1. The van der Waals surface area contributed by atoms with Crippen LogP contribution >= 0.6 is 0 Å². The van der Waals surface area contributed by atoms with E-state index in [4.69, 9.17) is 5.73 Å². The maximum absolute atomic E-state index is 5.90. The van der Waals surface area contributed by atoms with Crippen molar-refractivity contribution in [2.75, 3.05) is 6.54 Å². The Kier molecular flexibility index (Phi) is 5.54. The van der Waals surface area contributed by atoms with Gasteiger partial charge in [-0.3, -0.25) is 0 Å². The molecule has 0 radical (unpaired) electrons. The van der Waals surface area contributed by atoms with Gasteiger partial charge in [-0.05, 0) is 69.2 Å². The highest BCUT2D eigenvalue weighted by Gasteiger charge is 2.30. The van der Waals surface area contributed by atoms with Crippen molar-refractivity contribution in [3.05, 3.63) is 12.2 Å². The molecule has 1 aliphatic carbocycles. The number of nitrogens with two attached hydrogens (primary N) is 1. The quantitative estimate of drug-likeness (QED) is 0.701. The van der Waals surface area contributed by atoms with E-state index in [0.717, 1.165) is 30.2 Å². The van der Waals surface area contributed by atoms with E-state index < -0.39 is 0 Å². The summed E-state index contributed by atoms with van der Waals surface area (Å²) in [7, 11) is 0. The Morgan fingerprint density at radius 3 is 2.50 bits per heavy atom. The molecule has 1 heteroatoms. The standard InChI is InChI=1S/C15H29N/c1-11(2)5-6-14-9-13(12(3)4)7-8-15(14)10-16/h12-15H,1,5-10,16H2,2-4H3. The van der Waals surface area contributed by atoms with Gasteiger partial charge in [0.05, 0.1) is 0 Å². The molecule has 3 atom stereocenters. The summed E-state index contributed by atoms with van der Waals surface area (Å²) >= 11 is 0. The van der Waals surface area contributed by atoms with Crippen LogP contribution in [0.1, 0.15) is 52.9 Å². The highest BCUT2D eigenvalue weighted by molar-refractivity contribution is 4.90. The maximum Gasteiger partial charge on any atom is -0.00462 e. The zero-order valence-corrected chi connectivity index (χ0v) is 11.3.